The van der Waals surface area contributed by atoms with E-state index in [9.17, 15) is 35.9 Å². The van der Waals surface area contributed by atoms with Crippen molar-refractivity contribution in [1.29, 1.82) is 0 Å². The van der Waals surface area contributed by atoms with Crippen LogP contribution in [0.5, 0.6) is 0 Å². The van der Waals surface area contributed by atoms with Gasteiger partial charge in [0.15, 0.2) is 5.03 Å². The molecular formula is C19H17F4N5O4S. The third-order valence-corrected chi connectivity index (χ3v) is 6.52. The number of alkyl halides is 3. The van der Waals surface area contributed by atoms with Crippen LogP contribution in [0.15, 0.2) is 47.8 Å². The summed E-state index contributed by atoms with van der Waals surface area (Å²) in [7, 11) is -4.35. The van der Waals surface area contributed by atoms with Gasteiger partial charge in [-0.25, -0.2) is 4.39 Å². The number of hydrogen-bond donors (Lipinski definition) is 1. The number of carbonyl (C=O) groups excluding carboxylic acids is 1. The Labute approximate surface area is 184 Å². The van der Waals surface area contributed by atoms with Crippen molar-refractivity contribution in [3.63, 3.8) is 0 Å². The maximum atomic E-state index is 14.1. The SMILES string of the molecule is O=C([C@H](CO)c1ccccc1F)N1Cc2cn(S(=O)(=O)c3ccn(CC(F)(F)F)n3)nc2C1. The largest absolute Gasteiger partial charge is 0.408 e. The minimum absolute atomic E-state index is 0.0306. The molecule has 176 valence electrons. The Balaban J connectivity index is 1.51. The van der Waals surface area contributed by atoms with Gasteiger partial charge < -0.3 is 10.0 Å². The van der Waals surface area contributed by atoms with Crippen LogP contribution in [0.2, 0.25) is 0 Å². The number of halogens is 4. The van der Waals surface area contributed by atoms with Gasteiger partial charge in [-0.05, 0) is 12.1 Å². The Bertz CT molecular complexity index is 1280. The lowest BCUT2D eigenvalue weighted by molar-refractivity contribution is -0.142. The third-order valence-electron chi connectivity index (χ3n) is 5.10. The van der Waals surface area contributed by atoms with Crippen LogP contribution >= 0.6 is 0 Å². The first kappa shape index (κ1) is 22.9. The molecule has 0 spiro atoms. The Hall–Kier alpha value is -3.26. The Kier molecular flexibility index (Phi) is 5.74. The fourth-order valence-electron chi connectivity index (χ4n) is 3.54. The van der Waals surface area contributed by atoms with Gasteiger partial charge in [-0.3, -0.25) is 9.48 Å². The molecule has 0 radical (unpaired) electrons. The van der Waals surface area contributed by atoms with Crippen LogP contribution in [0.25, 0.3) is 0 Å². The number of carbonyl (C=O) groups is 1. The average molecular weight is 487 g/mol. The van der Waals surface area contributed by atoms with Crippen molar-refractivity contribution in [3.8, 4) is 0 Å². The summed E-state index contributed by atoms with van der Waals surface area (Å²) in [5.41, 5.74) is 0.690. The van der Waals surface area contributed by atoms with Crippen molar-refractivity contribution in [2.24, 2.45) is 0 Å². The summed E-state index contributed by atoms with van der Waals surface area (Å²) in [5, 5.41) is 16.5. The minimum Gasteiger partial charge on any atom is -0.395 e. The van der Waals surface area contributed by atoms with Gasteiger partial charge in [0.1, 0.15) is 12.4 Å². The second kappa shape index (κ2) is 8.26. The normalized spacial score (nSPS) is 15.0. The van der Waals surface area contributed by atoms with Gasteiger partial charge in [-0.2, -0.15) is 35.9 Å². The van der Waals surface area contributed by atoms with E-state index < -0.39 is 52.0 Å². The maximum absolute atomic E-state index is 14.1. The van der Waals surface area contributed by atoms with Crippen LogP contribution in [0, 0.1) is 5.82 Å². The van der Waals surface area contributed by atoms with Gasteiger partial charge in [0.2, 0.25) is 5.91 Å². The highest BCUT2D eigenvalue weighted by molar-refractivity contribution is 7.89. The van der Waals surface area contributed by atoms with E-state index in [2.05, 4.69) is 10.2 Å². The molecule has 1 aliphatic rings. The van der Waals surface area contributed by atoms with Crippen LogP contribution in [0.3, 0.4) is 0 Å². The van der Waals surface area contributed by atoms with Crippen LogP contribution in [0.4, 0.5) is 17.6 Å². The molecule has 0 saturated carbocycles. The zero-order valence-corrected chi connectivity index (χ0v) is 17.6. The number of benzene rings is 1. The fourth-order valence-corrected chi connectivity index (χ4v) is 4.65. The van der Waals surface area contributed by atoms with Gasteiger partial charge in [0.05, 0.1) is 24.8 Å². The lowest BCUT2D eigenvalue weighted by Crippen LogP contribution is -2.33. The van der Waals surface area contributed by atoms with E-state index in [1.807, 2.05) is 0 Å². The number of aliphatic hydroxyl groups is 1. The zero-order valence-electron chi connectivity index (χ0n) is 16.8. The molecule has 1 atom stereocenters. The van der Waals surface area contributed by atoms with Crippen molar-refractivity contribution < 1.29 is 35.9 Å². The van der Waals surface area contributed by atoms with Crippen LogP contribution in [-0.2, 0) is 34.5 Å². The molecule has 2 aromatic heterocycles. The molecule has 1 aliphatic heterocycles. The van der Waals surface area contributed by atoms with Crippen LogP contribution in [-0.4, -0.2) is 56.1 Å². The van der Waals surface area contributed by atoms with E-state index in [-0.39, 0.29) is 24.3 Å². The highest BCUT2D eigenvalue weighted by Crippen LogP contribution is 2.28. The van der Waals surface area contributed by atoms with Crippen molar-refractivity contribution in [2.45, 2.75) is 36.8 Å². The summed E-state index contributed by atoms with van der Waals surface area (Å²) in [4.78, 5) is 14.2. The molecule has 0 saturated heterocycles. The van der Waals surface area contributed by atoms with Crippen molar-refractivity contribution >= 4 is 15.9 Å². The summed E-state index contributed by atoms with van der Waals surface area (Å²) >= 11 is 0. The topological polar surface area (TPSA) is 110 Å². The smallest absolute Gasteiger partial charge is 0.395 e. The van der Waals surface area contributed by atoms with Gasteiger partial charge in [-0.15, -0.1) is 0 Å². The first-order valence-corrected chi connectivity index (χ1v) is 11.0. The molecule has 0 aliphatic carbocycles. The first-order valence-electron chi connectivity index (χ1n) is 9.57. The second-order valence-corrected chi connectivity index (χ2v) is 9.14. The molecule has 9 nitrogen and oxygen atoms in total. The van der Waals surface area contributed by atoms with E-state index in [0.29, 0.717) is 14.3 Å². The molecule has 1 amide bonds. The predicted octanol–water partition coefficient (Wildman–Crippen LogP) is 1.64. The Morgan fingerprint density at radius 3 is 2.52 bits per heavy atom. The number of hydrogen-bond acceptors (Lipinski definition) is 6. The summed E-state index contributed by atoms with van der Waals surface area (Å²) in [6.07, 6.45) is -2.52. The number of nitrogens with zero attached hydrogens (tertiary/aromatic N) is 5. The molecular weight excluding hydrogens is 470 g/mol. The number of aromatic nitrogens is 4. The maximum Gasteiger partial charge on any atom is 0.408 e. The highest BCUT2D eigenvalue weighted by Gasteiger charge is 2.35. The van der Waals surface area contributed by atoms with E-state index in [0.717, 1.165) is 18.5 Å². The van der Waals surface area contributed by atoms with E-state index in [1.165, 1.54) is 23.1 Å². The van der Waals surface area contributed by atoms with Crippen molar-refractivity contribution in [2.75, 3.05) is 6.61 Å². The van der Waals surface area contributed by atoms with E-state index in [1.54, 1.807) is 6.07 Å². The quantitative estimate of drug-likeness (QED) is 0.530. The predicted molar refractivity (Wildman–Crippen MR) is 104 cm³/mol. The van der Waals surface area contributed by atoms with Crippen molar-refractivity contribution in [1.82, 2.24) is 23.9 Å². The molecule has 14 heteroatoms. The first-order chi connectivity index (χ1) is 15.5. The lowest BCUT2D eigenvalue weighted by atomic mass is 9.98. The summed E-state index contributed by atoms with van der Waals surface area (Å²) in [6, 6.07) is 6.50. The minimum atomic E-state index is -4.56. The van der Waals surface area contributed by atoms with E-state index in [4.69, 9.17) is 0 Å². The van der Waals surface area contributed by atoms with Gasteiger partial charge >= 0.3 is 16.2 Å². The van der Waals surface area contributed by atoms with Crippen LogP contribution in [0.1, 0.15) is 22.7 Å². The van der Waals surface area contributed by atoms with Crippen LogP contribution < -0.4 is 0 Å². The van der Waals surface area contributed by atoms with Crippen molar-refractivity contribution in [3.05, 3.63) is 65.4 Å². The molecule has 3 aromatic rings. The zero-order chi connectivity index (χ0) is 24.0. The van der Waals surface area contributed by atoms with Gasteiger partial charge in [0, 0.05) is 30.1 Å². The molecule has 3 heterocycles. The number of aliphatic hydroxyl groups excluding tert-OH is 1. The highest BCUT2D eigenvalue weighted by atomic mass is 32.2. The van der Waals surface area contributed by atoms with Gasteiger partial charge in [-0.1, -0.05) is 18.2 Å². The summed E-state index contributed by atoms with van der Waals surface area (Å²) in [5.74, 6) is -2.33. The molecule has 33 heavy (non-hydrogen) atoms. The monoisotopic (exact) mass is 487 g/mol. The van der Waals surface area contributed by atoms with E-state index >= 15 is 0 Å². The molecule has 0 unspecified atom stereocenters. The summed E-state index contributed by atoms with van der Waals surface area (Å²) in [6.45, 7) is -2.17. The lowest BCUT2D eigenvalue weighted by Gasteiger charge is -2.22. The fraction of sp³-hybridized carbons (Fsp3) is 0.316. The average Bonchev–Trinajstić information content (AvgIpc) is 3.43. The number of amides is 1. The molecule has 4 rings (SSSR count). The number of fused-ring (bicyclic) bond motifs is 1. The molecule has 1 aromatic carbocycles. The van der Waals surface area contributed by atoms with Gasteiger partial charge in [0.25, 0.3) is 0 Å². The molecule has 1 N–H and O–H groups in total. The second-order valence-electron chi connectivity index (χ2n) is 7.40. The molecule has 0 bridgehead atoms. The number of rotatable bonds is 6. The molecule has 0 fully saturated rings. The Morgan fingerprint density at radius 2 is 1.88 bits per heavy atom. The summed E-state index contributed by atoms with van der Waals surface area (Å²) < 4.78 is 78.0. The Morgan fingerprint density at radius 1 is 1.15 bits per heavy atom. The standard InChI is InChI=1S/C19H17F4N5O4S/c20-15-4-2-1-3-13(15)14(10-29)18(30)26-7-12-8-28(24-16(12)9-26)33(31,32)17-5-6-27(25-17)11-19(21,22)23/h1-6,8,14,29H,7,9-11H2/t14-/m1/s1. The third kappa shape index (κ3) is 4.48.